The molecule has 0 radical (unpaired) electrons. The summed E-state index contributed by atoms with van der Waals surface area (Å²) in [6.45, 7) is 9.12. The number of fused-ring (bicyclic) bond motifs is 3. The molecule has 0 N–H and O–H groups in total. The predicted molar refractivity (Wildman–Crippen MR) is 88.1 cm³/mol. The molecular formula is C20H28O3. The van der Waals surface area contributed by atoms with Crippen molar-refractivity contribution >= 4 is 5.78 Å². The average molecular weight is 316 g/mol. The normalized spacial score (nSPS) is 44.5. The molecule has 0 aromatic carbocycles. The second-order valence-electron chi connectivity index (χ2n) is 9.03. The first-order valence-electron chi connectivity index (χ1n) is 9.00. The van der Waals surface area contributed by atoms with E-state index in [9.17, 15) is 4.79 Å². The maximum Gasteiger partial charge on any atom is 0.167 e. The lowest BCUT2D eigenvalue weighted by molar-refractivity contribution is -0.135. The molecule has 23 heavy (non-hydrogen) atoms. The van der Waals surface area contributed by atoms with Gasteiger partial charge in [0.15, 0.2) is 11.4 Å². The van der Waals surface area contributed by atoms with E-state index in [0.717, 1.165) is 12.8 Å². The number of furan rings is 1. The number of carbonyl (C=O) groups excluding carboxylic acids is 1. The molecule has 0 bridgehead atoms. The molecule has 1 aromatic rings. The average Bonchev–Trinajstić information content (AvgIpc) is 2.87. The van der Waals surface area contributed by atoms with Crippen LogP contribution in [0.2, 0.25) is 0 Å². The standard InChI is InChI=1S/C20H28O3/c1-17(2)8-5-9-18(3)15(17)12-16(21)19(4)20(18,23-19)10-6-14-7-11-22-13-14/h7,11,13,15H,5-6,8-10,12H2,1-4H3/t15?,18-,19+,20-/m0/s1. The van der Waals surface area contributed by atoms with Crippen molar-refractivity contribution in [1.29, 1.82) is 0 Å². The Balaban J connectivity index is 1.70. The lowest BCUT2D eigenvalue weighted by Gasteiger charge is -2.56. The number of hydrogen-bond acceptors (Lipinski definition) is 3. The molecule has 2 heterocycles. The van der Waals surface area contributed by atoms with Crippen molar-refractivity contribution in [1.82, 2.24) is 0 Å². The highest BCUT2D eigenvalue weighted by molar-refractivity contribution is 5.93. The zero-order valence-electron chi connectivity index (χ0n) is 14.8. The molecule has 4 rings (SSSR count). The number of ketones is 1. The number of epoxide rings is 1. The third-order valence-corrected chi connectivity index (χ3v) is 7.53. The molecule has 2 aliphatic carbocycles. The fraction of sp³-hybridized carbons (Fsp3) is 0.750. The van der Waals surface area contributed by atoms with Gasteiger partial charge in [-0.15, -0.1) is 0 Å². The Labute approximate surface area is 138 Å². The van der Waals surface area contributed by atoms with Crippen LogP contribution in [-0.4, -0.2) is 17.0 Å². The minimum absolute atomic E-state index is 0.0984. The number of ether oxygens (including phenoxy) is 1. The summed E-state index contributed by atoms with van der Waals surface area (Å²) in [4.78, 5) is 12.9. The molecule has 0 amide bonds. The van der Waals surface area contributed by atoms with Gasteiger partial charge < -0.3 is 9.15 Å². The summed E-state index contributed by atoms with van der Waals surface area (Å²) < 4.78 is 11.6. The van der Waals surface area contributed by atoms with Crippen molar-refractivity contribution in [3.63, 3.8) is 0 Å². The summed E-state index contributed by atoms with van der Waals surface area (Å²) >= 11 is 0. The summed E-state index contributed by atoms with van der Waals surface area (Å²) in [6, 6.07) is 2.02. The molecule has 1 unspecified atom stereocenters. The zero-order valence-corrected chi connectivity index (χ0v) is 14.8. The van der Waals surface area contributed by atoms with Crippen molar-refractivity contribution in [2.75, 3.05) is 0 Å². The lowest BCUT2D eigenvalue weighted by atomic mass is 9.45. The smallest absolute Gasteiger partial charge is 0.167 e. The fourth-order valence-electron chi connectivity index (χ4n) is 6.08. The second-order valence-corrected chi connectivity index (χ2v) is 9.03. The Bertz CT molecular complexity index is 631. The molecule has 3 aliphatic rings. The van der Waals surface area contributed by atoms with Gasteiger partial charge in [0.25, 0.3) is 0 Å². The molecule has 1 aliphatic heterocycles. The number of hydrogen-bond donors (Lipinski definition) is 0. The van der Waals surface area contributed by atoms with Gasteiger partial charge in [-0.2, -0.15) is 0 Å². The van der Waals surface area contributed by atoms with Crippen molar-refractivity contribution in [2.24, 2.45) is 16.7 Å². The highest BCUT2D eigenvalue weighted by Gasteiger charge is 2.82. The van der Waals surface area contributed by atoms with Crippen LogP contribution in [0.3, 0.4) is 0 Å². The maximum absolute atomic E-state index is 12.9. The van der Waals surface area contributed by atoms with Gasteiger partial charge in [0.1, 0.15) is 5.60 Å². The molecule has 2 saturated carbocycles. The first-order valence-corrected chi connectivity index (χ1v) is 9.00. The fourth-order valence-corrected chi connectivity index (χ4v) is 6.08. The molecular weight excluding hydrogens is 288 g/mol. The molecule has 126 valence electrons. The zero-order chi connectivity index (χ0) is 16.5. The Morgan fingerprint density at radius 3 is 2.70 bits per heavy atom. The molecule has 3 heteroatoms. The van der Waals surface area contributed by atoms with E-state index in [-0.39, 0.29) is 16.4 Å². The largest absolute Gasteiger partial charge is 0.472 e. The van der Waals surface area contributed by atoms with E-state index in [1.54, 1.807) is 6.26 Å². The van der Waals surface area contributed by atoms with Gasteiger partial charge in [-0.25, -0.2) is 0 Å². The summed E-state index contributed by atoms with van der Waals surface area (Å²) in [6.07, 6.45) is 9.69. The predicted octanol–water partition coefficient (Wildman–Crippen LogP) is 4.55. The summed E-state index contributed by atoms with van der Waals surface area (Å²) in [5, 5.41) is 0. The van der Waals surface area contributed by atoms with E-state index >= 15 is 0 Å². The van der Waals surface area contributed by atoms with Crippen LogP contribution in [0.5, 0.6) is 0 Å². The van der Waals surface area contributed by atoms with E-state index < -0.39 is 5.60 Å². The van der Waals surface area contributed by atoms with E-state index in [1.165, 1.54) is 24.8 Å². The van der Waals surface area contributed by atoms with Crippen LogP contribution in [0.25, 0.3) is 0 Å². The molecule has 1 saturated heterocycles. The Hall–Kier alpha value is -1.09. The van der Waals surface area contributed by atoms with Crippen LogP contribution in [0.15, 0.2) is 23.0 Å². The van der Waals surface area contributed by atoms with Crippen molar-refractivity contribution in [3.8, 4) is 0 Å². The highest BCUT2D eigenvalue weighted by Crippen LogP contribution is 2.73. The van der Waals surface area contributed by atoms with Gasteiger partial charge in [-0.1, -0.05) is 27.2 Å². The third kappa shape index (κ3) is 1.83. The Morgan fingerprint density at radius 2 is 2.00 bits per heavy atom. The van der Waals surface area contributed by atoms with Gasteiger partial charge in [0.05, 0.1) is 12.5 Å². The Morgan fingerprint density at radius 1 is 1.22 bits per heavy atom. The molecule has 1 aromatic heterocycles. The van der Waals surface area contributed by atoms with Gasteiger partial charge >= 0.3 is 0 Å². The van der Waals surface area contributed by atoms with Gasteiger partial charge in [-0.3, -0.25) is 4.79 Å². The SMILES string of the molecule is CC1(C)CCC[C@@]2(C)C1CC(=O)[C@@]1(C)O[C@@]21CCc1ccoc1. The quantitative estimate of drug-likeness (QED) is 0.769. The Kier molecular flexibility index (Phi) is 3.02. The second kappa shape index (κ2) is 4.50. The van der Waals surface area contributed by atoms with Crippen LogP contribution in [0.1, 0.15) is 65.4 Å². The van der Waals surface area contributed by atoms with E-state index in [4.69, 9.17) is 9.15 Å². The molecule has 4 atom stereocenters. The monoisotopic (exact) mass is 316 g/mol. The minimum Gasteiger partial charge on any atom is -0.472 e. The topological polar surface area (TPSA) is 42.7 Å². The first kappa shape index (κ1) is 15.4. The number of carbonyl (C=O) groups is 1. The van der Waals surface area contributed by atoms with E-state index in [0.29, 0.717) is 18.1 Å². The first-order chi connectivity index (χ1) is 10.8. The molecule has 3 nitrogen and oxygen atoms in total. The van der Waals surface area contributed by atoms with Crippen LogP contribution >= 0.6 is 0 Å². The van der Waals surface area contributed by atoms with Crippen LogP contribution in [-0.2, 0) is 16.0 Å². The number of Topliss-reactive ketones (excluding diaryl/α,β-unsaturated/α-hetero) is 1. The number of rotatable bonds is 3. The highest BCUT2D eigenvalue weighted by atomic mass is 16.6. The van der Waals surface area contributed by atoms with Crippen molar-refractivity contribution in [2.45, 2.75) is 77.4 Å². The van der Waals surface area contributed by atoms with Gasteiger partial charge in [0, 0.05) is 11.8 Å². The van der Waals surface area contributed by atoms with Gasteiger partial charge in [0.2, 0.25) is 0 Å². The summed E-state index contributed by atoms with van der Waals surface area (Å²) in [5.74, 6) is 0.748. The van der Waals surface area contributed by atoms with Crippen LogP contribution in [0, 0.1) is 16.7 Å². The molecule has 3 fully saturated rings. The van der Waals surface area contributed by atoms with Crippen LogP contribution < -0.4 is 0 Å². The summed E-state index contributed by atoms with van der Waals surface area (Å²) in [5.41, 5.74) is 0.676. The minimum atomic E-state index is -0.560. The van der Waals surface area contributed by atoms with Crippen molar-refractivity contribution < 1.29 is 13.9 Å². The van der Waals surface area contributed by atoms with Gasteiger partial charge in [-0.05, 0) is 55.6 Å². The lowest BCUT2D eigenvalue weighted by Crippen LogP contribution is -2.59. The molecule has 0 spiro atoms. The summed E-state index contributed by atoms with van der Waals surface area (Å²) in [7, 11) is 0. The van der Waals surface area contributed by atoms with E-state index in [2.05, 4.69) is 20.8 Å². The van der Waals surface area contributed by atoms with Crippen LogP contribution in [0.4, 0.5) is 0 Å². The maximum atomic E-state index is 12.9. The number of aryl methyl sites for hydroxylation is 1. The third-order valence-electron chi connectivity index (χ3n) is 7.53. The van der Waals surface area contributed by atoms with E-state index in [1.807, 2.05) is 19.3 Å². The van der Waals surface area contributed by atoms with Crippen molar-refractivity contribution in [3.05, 3.63) is 24.2 Å².